The number of hydrogen-bond acceptors (Lipinski definition) is 4. The number of aromatic amines is 1. The summed E-state index contributed by atoms with van der Waals surface area (Å²) < 4.78 is 5.00. The molecule has 2 aromatic rings. The first kappa shape index (κ1) is 12.9. The van der Waals surface area contributed by atoms with E-state index in [2.05, 4.69) is 10.2 Å². The molecule has 1 aliphatic heterocycles. The highest BCUT2D eigenvalue weighted by Crippen LogP contribution is 2.30. The first-order chi connectivity index (χ1) is 9.50. The van der Waals surface area contributed by atoms with E-state index in [0.717, 1.165) is 5.56 Å². The fourth-order valence-corrected chi connectivity index (χ4v) is 2.57. The van der Waals surface area contributed by atoms with Crippen LogP contribution in [0.5, 0.6) is 0 Å². The van der Waals surface area contributed by atoms with Crippen LogP contribution in [-0.4, -0.2) is 44.3 Å². The van der Waals surface area contributed by atoms with Crippen molar-refractivity contribution >= 4 is 5.91 Å². The zero-order chi connectivity index (χ0) is 14.3. The van der Waals surface area contributed by atoms with Gasteiger partial charge in [-0.2, -0.15) is 5.10 Å². The lowest BCUT2D eigenvalue weighted by Gasteiger charge is -2.33. The predicted octanol–water partition coefficient (Wildman–Crippen LogP) is 1.66. The number of rotatable bonds is 2. The summed E-state index contributed by atoms with van der Waals surface area (Å²) in [7, 11) is 0. The van der Waals surface area contributed by atoms with Gasteiger partial charge >= 0.3 is 0 Å². The topological polar surface area (TPSA) is 82.4 Å². The van der Waals surface area contributed by atoms with Gasteiger partial charge in [0.1, 0.15) is 5.69 Å². The minimum atomic E-state index is -0.558. The second-order valence-electron chi connectivity index (χ2n) is 5.59. The van der Waals surface area contributed by atoms with Gasteiger partial charge < -0.3 is 14.4 Å². The van der Waals surface area contributed by atoms with Gasteiger partial charge in [0.15, 0.2) is 0 Å². The summed E-state index contributed by atoms with van der Waals surface area (Å²) in [6.07, 6.45) is 3.24. The number of H-pyrrole nitrogens is 1. The number of nitrogens with one attached hydrogen (secondary N) is 1. The molecule has 1 saturated heterocycles. The van der Waals surface area contributed by atoms with Crippen molar-refractivity contribution in [2.45, 2.75) is 31.9 Å². The lowest BCUT2D eigenvalue weighted by molar-refractivity contribution is 0.0390. The van der Waals surface area contributed by atoms with Gasteiger partial charge in [-0.3, -0.25) is 9.89 Å². The molecule has 0 radical (unpaired) electrons. The van der Waals surface area contributed by atoms with Crippen molar-refractivity contribution in [2.75, 3.05) is 6.54 Å². The molecule has 1 fully saturated rings. The fourth-order valence-electron chi connectivity index (χ4n) is 2.57. The molecular formula is C14H17N3O3. The molecule has 6 heteroatoms. The van der Waals surface area contributed by atoms with Crippen molar-refractivity contribution in [3.05, 3.63) is 30.4 Å². The first-order valence-electron chi connectivity index (χ1n) is 6.58. The third kappa shape index (κ3) is 1.92. The average molecular weight is 275 g/mol. The number of furan rings is 1. The molecule has 1 atom stereocenters. The van der Waals surface area contributed by atoms with Gasteiger partial charge in [0.25, 0.3) is 5.91 Å². The summed E-state index contributed by atoms with van der Waals surface area (Å²) in [4.78, 5) is 14.2. The molecular weight excluding hydrogens is 258 g/mol. The highest BCUT2D eigenvalue weighted by Gasteiger charge is 2.43. The summed E-state index contributed by atoms with van der Waals surface area (Å²) in [5, 5.41) is 16.8. The Balaban J connectivity index is 1.85. The Morgan fingerprint density at radius 3 is 3.00 bits per heavy atom. The van der Waals surface area contributed by atoms with Gasteiger partial charge in [-0.15, -0.1) is 0 Å². The number of aliphatic hydroxyl groups excluding tert-OH is 1. The molecule has 3 heterocycles. The smallest absolute Gasteiger partial charge is 0.272 e. The molecule has 0 aliphatic carbocycles. The quantitative estimate of drug-likeness (QED) is 0.873. The second-order valence-corrected chi connectivity index (χ2v) is 5.59. The predicted molar refractivity (Wildman–Crippen MR) is 72.0 cm³/mol. The van der Waals surface area contributed by atoms with Crippen LogP contribution in [0, 0.1) is 0 Å². The Morgan fingerprint density at radius 1 is 1.60 bits per heavy atom. The molecule has 2 N–H and O–H groups in total. The number of hydrogen-bond donors (Lipinski definition) is 2. The van der Waals surface area contributed by atoms with Gasteiger partial charge in [0.2, 0.25) is 0 Å². The maximum atomic E-state index is 12.5. The third-order valence-electron chi connectivity index (χ3n) is 4.01. The van der Waals surface area contributed by atoms with Crippen molar-refractivity contribution < 1.29 is 14.3 Å². The van der Waals surface area contributed by atoms with Crippen molar-refractivity contribution in [3.8, 4) is 11.3 Å². The Bertz CT molecular complexity index is 615. The van der Waals surface area contributed by atoms with Crippen LogP contribution in [-0.2, 0) is 0 Å². The average Bonchev–Trinajstić information content (AvgIpc) is 3.11. The van der Waals surface area contributed by atoms with E-state index in [1.165, 1.54) is 0 Å². The number of amides is 1. The van der Waals surface area contributed by atoms with E-state index in [1.807, 2.05) is 13.8 Å². The van der Waals surface area contributed by atoms with Crippen LogP contribution in [0.2, 0.25) is 0 Å². The second kappa shape index (κ2) is 4.49. The Morgan fingerprint density at radius 2 is 2.40 bits per heavy atom. The van der Waals surface area contributed by atoms with Crippen LogP contribution in [0.25, 0.3) is 11.3 Å². The van der Waals surface area contributed by atoms with E-state index in [9.17, 15) is 9.90 Å². The van der Waals surface area contributed by atoms with Crippen LogP contribution in [0.1, 0.15) is 30.8 Å². The largest absolute Gasteiger partial charge is 0.472 e. The lowest BCUT2D eigenvalue weighted by atomic mass is 9.98. The van der Waals surface area contributed by atoms with Gasteiger partial charge in [-0.05, 0) is 32.4 Å². The maximum Gasteiger partial charge on any atom is 0.272 e. The van der Waals surface area contributed by atoms with E-state index < -0.39 is 11.6 Å². The number of likely N-dealkylation sites (tertiary alicyclic amines) is 1. The molecule has 6 nitrogen and oxygen atoms in total. The minimum Gasteiger partial charge on any atom is -0.472 e. The summed E-state index contributed by atoms with van der Waals surface area (Å²) >= 11 is 0. The molecule has 2 aromatic heterocycles. The van der Waals surface area contributed by atoms with Crippen LogP contribution >= 0.6 is 0 Å². The van der Waals surface area contributed by atoms with Crippen molar-refractivity contribution in [1.29, 1.82) is 0 Å². The van der Waals surface area contributed by atoms with Crippen molar-refractivity contribution in [3.63, 3.8) is 0 Å². The number of carbonyl (C=O) groups excluding carboxylic acids is 1. The van der Waals surface area contributed by atoms with Crippen LogP contribution in [0.15, 0.2) is 29.1 Å². The number of carbonyl (C=O) groups is 1. The maximum absolute atomic E-state index is 12.5. The molecule has 1 unspecified atom stereocenters. The van der Waals surface area contributed by atoms with Crippen LogP contribution in [0.3, 0.4) is 0 Å². The SMILES string of the molecule is CC1(C)C(O)CCN1C(=O)c1cc(-c2ccoc2)n[nH]1. The van der Waals surface area contributed by atoms with Crippen LogP contribution < -0.4 is 0 Å². The van der Waals surface area contributed by atoms with Crippen LogP contribution in [0.4, 0.5) is 0 Å². The normalized spacial score (nSPS) is 21.4. The molecule has 20 heavy (non-hydrogen) atoms. The fraction of sp³-hybridized carbons (Fsp3) is 0.429. The lowest BCUT2D eigenvalue weighted by Crippen LogP contribution is -2.48. The Hall–Kier alpha value is -2.08. The molecule has 106 valence electrons. The molecule has 0 spiro atoms. The number of aromatic nitrogens is 2. The molecule has 3 rings (SSSR count). The molecule has 1 aliphatic rings. The highest BCUT2D eigenvalue weighted by molar-refractivity contribution is 5.94. The minimum absolute atomic E-state index is 0.145. The molecule has 0 aromatic carbocycles. The summed E-state index contributed by atoms with van der Waals surface area (Å²) in [6.45, 7) is 4.29. The van der Waals surface area contributed by atoms with E-state index in [0.29, 0.717) is 24.4 Å². The number of nitrogens with zero attached hydrogens (tertiary/aromatic N) is 2. The first-order valence-corrected chi connectivity index (χ1v) is 6.58. The van der Waals surface area contributed by atoms with E-state index in [-0.39, 0.29) is 5.91 Å². The van der Waals surface area contributed by atoms with Gasteiger partial charge in [0, 0.05) is 12.1 Å². The Kier molecular flexibility index (Phi) is 2.90. The molecule has 1 amide bonds. The zero-order valence-electron chi connectivity index (χ0n) is 11.5. The molecule has 0 bridgehead atoms. The van der Waals surface area contributed by atoms with Gasteiger partial charge in [-0.25, -0.2) is 0 Å². The standard InChI is InChI=1S/C14H17N3O3/c1-14(2)12(18)3-5-17(14)13(19)11-7-10(15-16-11)9-4-6-20-8-9/h4,6-8,12,18H,3,5H2,1-2H3,(H,15,16). The van der Waals surface area contributed by atoms with E-state index in [1.54, 1.807) is 29.6 Å². The van der Waals surface area contributed by atoms with E-state index >= 15 is 0 Å². The summed E-state index contributed by atoms with van der Waals surface area (Å²) in [6, 6.07) is 3.49. The summed E-state index contributed by atoms with van der Waals surface area (Å²) in [5.74, 6) is -0.145. The Labute approximate surface area is 116 Å². The monoisotopic (exact) mass is 275 g/mol. The van der Waals surface area contributed by atoms with Crippen molar-refractivity contribution in [1.82, 2.24) is 15.1 Å². The zero-order valence-corrected chi connectivity index (χ0v) is 11.5. The molecule has 0 saturated carbocycles. The number of aliphatic hydroxyl groups is 1. The van der Waals surface area contributed by atoms with Gasteiger partial charge in [0.05, 0.1) is 29.9 Å². The van der Waals surface area contributed by atoms with Crippen molar-refractivity contribution in [2.24, 2.45) is 0 Å². The third-order valence-corrected chi connectivity index (χ3v) is 4.01. The van der Waals surface area contributed by atoms with E-state index in [4.69, 9.17) is 4.42 Å². The highest BCUT2D eigenvalue weighted by atomic mass is 16.3. The van der Waals surface area contributed by atoms with Gasteiger partial charge in [-0.1, -0.05) is 0 Å². The summed E-state index contributed by atoms with van der Waals surface area (Å²) in [5.41, 5.74) is 1.35.